The summed E-state index contributed by atoms with van der Waals surface area (Å²) in [5, 5.41) is 2.93. The molecule has 0 unspecified atom stereocenters. The fourth-order valence-electron chi connectivity index (χ4n) is 3.44. The maximum atomic E-state index is 12.9. The van der Waals surface area contributed by atoms with E-state index in [2.05, 4.69) is 17.4 Å². The number of quaternary nitrogens is 2. The Balaban J connectivity index is 1.37. The Bertz CT molecular complexity index is 726. The Kier molecular flexibility index (Phi) is 6.79. The number of hydrogen-bond acceptors (Lipinski definition) is 2. The zero-order chi connectivity index (χ0) is 19.1. The van der Waals surface area contributed by atoms with E-state index in [-0.39, 0.29) is 11.7 Å². The molecule has 0 aromatic heterocycles. The maximum absolute atomic E-state index is 12.9. The summed E-state index contributed by atoms with van der Waals surface area (Å²) in [5.74, 6) is 0.673. The van der Waals surface area contributed by atoms with Gasteiger partial charge >= 0.3 is 0 Å². The van der Waals surface area contributed by atoms with Crippen molar-refractivity contribution in [2.45, 2.75) is 13.1 Å². The number of amides is 1. The highest BCUT2D eigenvalue weighted by atomic mass is 19.1. The van der Waals surface area contributed by atoms with Gasteiger partial charge in [-0.3, -0.25) is 4.79 Å². The molecule has 27 heavy (non-hydrogen) atoms. The van der Waals surface area contributed by atoms with Crippen molar-refractivity contribution in [3.8, 4) is 5.75 Å². The lowest BCUT2D eigenvalue weighted by Crippen LogP contribution is -3.28. The van der Waals surface area contributed by atoms with Crippen LogP contribution in [0.5, 0.6) is 5.75 Å². The molecule has 3 rings (SSSR count). The van der Waals surface area contributed by atoms with Crippen LogP contribution in [-0.4, -0.2) is 45.7 Å². The minimum atomic E-state index is -0.260. The van der Waals surface area contributed by atoms with Gasteiger partial charge in [0.15, 0.2) is 6.54 Å². The standard InChI is InChI=1S/C21H26FN3O2/c1-27-20-8-4-18(5-9-20)15-24-10-12-25(13-11-24)16-21(26)23-14-17-2-6-19(22)7-3-17/h2-9H,10-16H2,1H3,(H,23,26)/p+2. The van der Waals surface area contributed by atoms with E-state index in [1.165, 1.54) is 22.6 Å². The van der Waals surface area contributed by atoms with Crippen LogP contribution in [0, 0.1) is 5.82 Å². The van der Waals surface area contributed by atoms with Crippen LogP contribution >= 0.6 is 0 Å². The molecule has 0 radical (unpaired) electrons. The first-order chi connectivity index (χ1) is 13.1. The summed E-state index contributed by atoms with van der Waals surface area (Å²) in [6, 6.07) is 14.5. The normalized spacial score (nSPS) is 19.5. The highest BCUT2D eigenvalue weighted by Gasteiger charge is 2.24. The third-order valence-corrected chi connectivity index (χ3v) is 5.09. The first-order valence-corrected chi connectivity index (χ1v) is 9.43. The molecule has 0 atom stereocenters. The molecule has 3 N–H and O–H groups in total. The van der Waals surface area contributed by atoms with Gasteiger partial charge in [0.1, 0.15) is 44.3 Å². The number of ether oxygens (including phenoxy) is 1. The number of methoxy groups -OCH3 is 1. The predicted molar refractivity (Wildman–Crippen MR) is 101 cm³/mol. The van der Waals surface area contributed by atoms with Gasteiger partial charge in [-0.2, -0.15) is 0 Å². The minimum absolute atomic E-state index is 0.0490. The summed E-state index contributed by atoms with van der Waals surface area (Å²) in [5.41, 5.74) is 2.22. The molecule has 5 nitrogen and oxygen atoms in total. The Morgan fingerprint density at radius 1 is 0.963 bits per heavy atom. The molecular weight excluding hydrogens is 345 g/mol. The molecule has 0 bridgehead atoms. The summed E-state index contributed by atoms with van der Waals surface area (Å²) < 4.78 is 18.1. The smallest absolute Gasteiger partial charge is 0.275 e. The quantitative estimate of drug-likeness (QED) is 0.609. The molecule has 0 saturated carbocycles. The number of carbonyl (C=O) groups excluding carboxylic acids is 1. The van der Waals surface area contributed by atoms with Crippen molar-refractivity contribution in [3.63, 3.8) is 0 Å². The highest BCUT2D eigenvalue weighted by molar-refractivity contribution is 5.76. The summed E-state index contributed by atoms with van der Waals surface area (Å²) in [6.07, 6.45) is 0. The molecule has 1 fully saturated rings. The largest absolute Gasteiger partial charge is 0.497 e. The first-order valence-electron chi connectivity index (χ1n) is 9.43. The summed E-state index contributed by atoms with van der Waals surface area (Å²) in [4.78, 5) is 15.0. The average Bonchev–Trinajstić information content (AvgIpc) is 2.70. The van der Waals surface area contributed by atoms with Crippen LogP contribution in [0.1, 0.15) is 11.1 Å². The van der Waals surface area contributed by atoms with Gasteiger partial charge in [-0.25, -0.2) is 4.39 Å². The van der Waals surface area contributed by atoms with E-state index in [4.69, 9.17) is 4.74 Å². The Morgan fingerprint density at radius 3 is 2.19 bits per heavy atom. The van der Waals surface area contributed by atoms with Crippen LogP contribution in [-0.2, 0) is 17.9 Å². The van der Waals surface area contributed by atoms with Gasteiger partial charge in [0.25, 0.3) is 5.91 Å². The van der Waals surface area contributed by atoms with Crippen LogP contribution in [0.25, 0.3) is 0 Å². The van der Waals surface area contributed by atoms with Crippen LogP contribution in [0.4, 0.5) is 4.39 Å². The molecule has 1 saturated heterocycles. The zero-order valence-corrected chi connectivity index (χ0v) is 15.8. The number of rotatable bonds is 7. The lowest BCUT2D eigenvalue weighted by atomic mass is 10.2. The lowest BCUT2D eigenvalue weighted by Gasteiger charge is -2.29. The number of nitrogens with one attached hydrogen (secondary N) is 3. The van der Waals surface area contributed by atoms with Crippen molar-refractivity contribution in [2.24, 2.45) is 0 Å². The van der Waals surface area contributed by atoms with E-state index in [1.807, 2.05) is 12.1 Å². The van der Waals surface area contributed by atoms with Gasteiger partial charge in [-0.15, -0.1) is 0 Å². The highest BCUT2D eigenvalue weighted by Crippen LogP contribution is 2.10. The molecular formula is C21H28FN3O2+2. The third kappa shape index (κ3) is 6.05. The van der Waals surface area contributed by atoms with Gasteiger partial charge in [0.2, 0.25) is 0 Å². The summed E-state index contributed by atoms with van der Waals surface area (Å²) in [7, 11) is 1.68. The molecule has 1 aliphatic heterocycles. The topological polar surface area (TPSA) is 47.2 Å². The predicted octanol–water partition coefficient (Wildman–Crippen LogP) is -0.566. The van der Waals surface area contributed by atoms with Gasteiger partial charge in [0.05, 0.1) is 7.11 Å². The van der Waals surface area contributed by atoms with Crippen LogP contribution < -0.4 is 19.9 Å². The van der Waals surface area contributed by atoms with Crippen LogP contribution in [0.2, 0.25) is 0 Å². The lowest BCUT2D eigenvalue weighted by molar-refractivity contribution is -1.02. The Morgan fingerprint density at radius 2 is 1.56 bits per heavy atom. The molecule has 144 valence electrons. The SMILES string of the molecule is COc1ccc(C[NH+]2CC[NH+](CC(=O)NCc3ccc(F)cc3)CC2)cc1. The van der Waals surface area contributed by atoms with E-state index in [0.29, 0.717) is 13.1 Å². The van der Waals surface area contributed by atoms with E-state index >= 15 is 0 Å². The minimum Gasteiger partial charge on any atom is -0.497 e. The summed E-state index contributed by atoms with van der Waals surface area (Å²) >= 11 is 0. The average molecular weight is 373 g/mol. The molecule has 1 amide bonds. The van der Waals surface area contributed by atoms with E-state index < -0.39 is 0 Å². The van der Waals surface area contributed by atoms with Gasteiger partial charge in [-0.05, 0) is 42.0 Å². The van der Waals surface area contributed by atoms with Crippen LogP contribution in [0.15, 0.2) is 48.5 Å². The monoisotopic (exact) mass is 373 g/mol. The van der Waals surface area contributed by atoms with Crippen molar-refractivity contribution < 1.29 is 23.7 Å². The maximum Gasteiger partial charge on any atom is 0.275 e. The van der Waals surface area contributed by atoms with Gasteiger partial charge in [-0.1, -0.05) is 12.1 Å². The zero-order valence-electron chi connectivity index (χ0n) is 15.8. The second-order valence-electron chi connectivity index (χ2n) is 7.10. The van der Waals surface area contributed by atoms with Crippen molar-refractivity contribution in [3.05, 3.63) is 65.5 Å². The molecule has 1 aliphatic rings. The van der Waals surface area contributed by atoms with Crippen molar-refractivity contribution in [1.82, 2.24) is 5.32 Å². The molecule has 0 spiro atoms. The number of benzene rings is 2. The fourth-order valence-corrected chi connectivity index (χ4v) is 3.44. The van der Waals surface area contributed by atoms with Gasteiger partial charge < -0.3 is 19.9 Å². The first kappa shape index (κ1) is 19.3. The molecule has 2 aromatic carbocycles. The van der Waals surface area contributed by atoms with Crippen LogP contribution in [0.3, 0.4) is 0 Å². The second-order valence-corrected chi connectivity index (χ2v) is 7.10. The number of hydrogen-bond donors (Lipinski definition) is 3. The number of halogens is 1. The van der Waals surface area contributed by atoms with Crippen molar-refractivity contribution in [1.29, 1.82) is 0 Å². The number of carbonyl (C=O) groups is 1. The number of piperazine rings is 1. The third-order valence-electron chi connectivity index (χ3n) is 5.09. The van der Waals surface area contributed by atoms with E-state index in [1.54, 1.807) is 24.1 Å². The molecule has 2 aromatic rings. The summed E-state index contributed by atoms with van der Waals surface area (Å²) in [6.45, 7) is 6.07. The Labute approximate surface area is 159 Å². The van der Waals surface area contributed by atoms with Gasteiger partial charge in [0, 0.05) is 12.1 Å². The molecule has 1 heterocycles. The second kappa shape index (κ2) is 9.48. The molecule has 6 heteroatoms. The van der Waals surface area contributed by atoms with Crippen molar-refractivity contribution in [2.75, 3.05) is 39.8 Å². The Hall–Kier alpha value is -2.44. The molecule has 0 aliphatic carbocycles. The fraction of sp³-hybridized carbons (Fsp3) is 0.381. The van der Waals surface area contributed by atoms with Crippen molar-refractivity contribution >= 4 is 5.91 Å². The van der Waals surface area contributed by atoms with E-state index in [0.717, 1.165) is 44.0 Å². The van der Waals surface area contributed by atoms with E-state index in [9.17, 15) is 9.18 Å².